The first-order chi connectivity index (χ1) is 14.7. The third kappa shape index (κ3) is 5.33. The van der Waals surface area contributed by atoms with Crippen LogP contribution in [0.5, 0.6) is 5.75 Å². The number of imidazole rings is 1. The van der Waals surface area contributed by atoms with Gasteiger partial charge in [0.25, 0.3) is 0 Å². The number of nitrogens with one attached hydrogen (secondary N) is 2. The van der Waals surface area contributed by atoms with E-state index in [0.29, 0.717) is 19.6 Å². The van der Waals surface area contributed by atoms with E-state index in [1.54, 1.807) is 17.4 Å². The van der Waals surface area contributed by atoms with E-state index in [9.17, 15) is 4.79 Å². The SMILES string of the molecule is Cc1nc(COc2ccc(/C=C/C(=O)NCCc3nc4ccccc4[nH]3)cc2)cs1. The Kier molecular flexibility index (Phi) is 6.20. The van der Waals surface area contributed by atoms with Crippen LogP contribution in [0.4, 0.5) is 0 Å². The molecule has 0 saturated carbocycles. The number of carbonyl (C=O) groups excluding carboxylic acids is 1. The van der Waals surface area contributed by atoms with E-state index in [-0.39, 0.29) is 5.91 Å². The highest BCUT2D eigenvalue weighted by molar-refractivity contribution is 7.09. The second kappa shape index (κ2) is 9.37. The molecule has 2 N–H and O–H groups in total. The molecule has 2 aromatic heterocycles. The topological polar surface area (TPSA) is 79.9 Å². The Hall–Kier alpha value is -3.45. The molecule has 2 aromatic carbocycles. The normalized spacial score (nSPS) is 11.2. The lowest BCUT2D eigenvalue weighted by molar-refractivity contribution is -0.116. The van der Waals surface area contributed by atoms with Gasteiger partial charge in [-0.3, -0.25) is 4.79 Å². The Morgan fingerprint density at radius 3 is 2.77 bits per heavy atom. The Balaban J connectivity index is 1.22. The molecular weight excluding hydrogens is 396 g/mol. The number of benzene rings is 2. The molecule has 4 rings (SSSR count). The maximum Gasteiger partial charge on any atom is 0.244 e. The fourth-order valence-corrected chi connectivity index (χ4v) is 3.56. The first-order valence-electron chi connectivity index (χ1n) is 9.69. The van der Waals surface area contributed by atoms with Gasteiger partial charge in [-0.25, -0.2) is 9.97 Å². The second-order valence-electron chi connectivity index (χ2n) is 6.79. The third-order valence-electron chi connectivity index (χ3n) is 4.46. The Bertz CT molecular complexity index is 1130. The smallest absolute Gasteiger partial charge is 0.244 e. The quantitative estimate of drug-likeness (QED) is 0.419. The molecule has 2 heterocycles. The minimum absolute atomic E-state index is 0.134. The molecule has 0 bridgehead atoms. The highest BCUT2D eigenvalue weighted by Gasteiger charge is 2.03. The van der Waals surface area contributed by atoms with E-state index >= 15 is 0 Å². The summed E-state index contributed by atoms with van der Waals surface area (Å²) < 4.78 is 5.73. The number of ether oxygens (including phenoxy) is 1. The third-order valence-corrected chi connectivity index (χ3v) is 5.28. The number of hydrogen-bond donors (Lipinski definition) is 2. The number of rotatable bonds is 8. The van der Waals surface area contributed by atoms with Crippen molar-refractivity contribution >= 4 is 34.4 Å². The van der Waals surface area contributed by atoms with E-state index < -0.39 is 0 Å². The fourth-order valence-electron chi connectivity index (χ4n) is 2.97. The lowest BCUT2D eigenvalue weighted by Gasteiger charge is -2.04. The van der Waals surface area contributed by atoms with Crippen LogP contribution in [0.25, 0.3) is 17.1 Å². The first kappa shape index (κ1) is 19.8. The highest BCUT2D eigenvalue weighted by atomic mass is 32.1. The van der Waals surface area contributed by atoms with Crippen molar-refractivity contribution in [2.45, 2.75) is 20.0 Å². The molecule has 0 spiro atoms. The number of aryl methyl sites for hydroxylation is 1. The standard InChI is InChI=1S/C23H22N4O2S/c1-16-25-18(15-30-16)14-29-19-9-6-17(7-10-19)8-11-23(28)24-13-12-22-26-20-4-2-3-5-21(20)27-22/h2-11,15H,12-14H2,1H3,(H,24,28)(H,26,27)/b11-8+. The summed E-state index contributed by atoms with van der Waals surface area (Å²) in [6, 6.07) is 15.5. The van der Waals surface area contributed by atoms with Crippen LogP contribution < -0.4 is 10.1 Å². The summed E-state index contributed by atoms with van der Waals surface area (Å²) in [5.41, 5.74) is 3.81. The summed E-state index contributed by atoms with van der Waals surface area (Å²) >= 11 is 1.61. The van der Waals surface area contributed by atoms with Gasteiger partial charge in [0.05, 0.1) is 21.7 Å². The van der Waals surface area contributed by atoms with Crippen molar-refractivity contribution in [1.29, 1.82) is 0 Å². The predicted octanol–water partition coefficient (Wildman–Crippen LogP) is 4.28. The van der Waals surface area contributed by atoms with Crippen LogP contribution in [0, 0.1) is 6.92 Å². The first-order valence-corrected chi connectivity index (χ1v) is 10.6. The van der Waals surface area contributed by atoms with Crippen LogP contribution in [-0.2, 0) is 17.8 Å². The average Bonchev–Trinajstić information content (AvgIpc) is 3.37. The van der Waals surface area contributed by atoms with Gasteiger partial charge < -0.3 is 15.0 Å². The Morgan fingerprint density at radius 2 is 2.00 bits per heavy atom. The van der Waals surface area contributed by atoms with E-state index in [1.807, 2.05) is 60.8 Å². The number of amides is 1. The predicted molar refractivity (Wildman–Crippen MR) is 119 cm³/mol. The van der Waals surface area contributed by atoms with Gasteiger partial charge in [-0.15, -0.1) is 11.3 Å². The van der Waals surface area contributed by atoms with Crippen molar-refractivity contribution in [1.82, 2.24) is 20.3 Å². The van der Waals surface area contributed by atoms with E-state index in [1.165, 1.54) is 6.08 Å². The Labute approximate surface area is 178 Å². The number of fused-ring (bicyclic) bond motifs is 1. The molecule has 0 aliphatic heterocycles. The zero-order valence-electron chi connectivity index (χ0n) is 16.6. The van der Waals surface area contributed by atoms with E-state index in [2.05, 4.69) is 20.3 Å². The van der Waals surface area contributed by atoms with Gasteiger partial charge in [-0.1, -0.05) is 24.3 Å². The van der Waals surface area contributed by atoms with Gasteiger partial charge in [0.1, 0.15) is 18.2 Å². The number of carbonyl (C=O) groups is 1. The summed E-state index contributed by atoms with van der Waals surface area (Å²) in [5, 5.41) is 5.91. The van der Waals surface area contributed by atoms with Crippen molar-refractivity contribution in [3.8, 4) is 5.75 Å². The number of aromatic amines is 1. The molecule has 1 amide bonds. The summed E-state index contributed by atoms with van der Waals surface area (Å²) in [7, 11) is 0. The van der Waals surface area contributed by atoms with Crippen molar-refractivity contribution in [2.75, 3.05) is 6.54 Å². The van der Waals surface area contributed by atoms with Crippen molar-refractivity contribution < 1.29 is 9.53 Å². The summed E-state index contributed by atoms with van der Waals surface area (Å²) in [6.45, 7) is 2.95. The monoisotopic (exact) mass is 418 g/mol. The molecular formula is C23H22N4O2S. The zero-order chi connectivity index (χ0) is 20.8. The van der Waals surface area contributed by atoms with Gasteiger partial charge >= 0.3 is 0 Å². The van der Waals surface area contributed by atoms with Crippen LogP contribution >= 0.6 is 11.3 Å². The van der Waals surface area contributed by atoms with Crippen molar-refractivity contribution in [3.05, 3.63) is 82.1 Å². The maximum absolute atomic E-state index is 12.0. The lowest BCUT2D eigenvalue weighted by atomic mass is 10.2. The molecule has 152 valence electrons. The zero-order valence-corrected chi connectivity index (χ0v) is 17.4. The number of aromatic nitrogens is 3. The van der Waals surface area contributed by atoms with Gasteiger partial charge in [-0.05, 0) is 42.8 Å². The minimum Gasteiger partial charge on any atom is -0.487 e. The molecule has 0 aliphatic carbocycles. The summed E-state index contributed by atoms with van der Waals surface area (Å²) in [6.07, 6.45) is 3.97. The van der Waals surface area contributed by atoms with Gasteiger partial charge in [-0.2, -0.15) is 0 Å². The molecule has 0 aliphatic rings. The molecule has 0 atom stereocenters. The fraction of sp³-hybridized carbons (Fsp3) is 0.174. The molecule has 6 nitrogen and oxygen atoms in total. The maximum atomic E-state index is 12.0. The largest absolute Gasteiger partial charge is 0.487 e. The summed E-state index contributed by atoms with van der Waals surface area (Å²) in [5.74, 6) is 1.50. The highest BCUT2D eigenvalue weighted by Crippen LogP contribution is 2.16. The van der Waals surface area contributed by atoms with Gasteiger partial charge in [0.15, 0.2) is 0 Å². The number of thiazole rings is 1. The number of hydrogen-bond acceptors (Lipinski definition) is 5. The molecule has 4 aromatic rings. The molecule has 0 radical (unpaired) electrons. The number of nitrogens with zero attached hydrogens (tertiary/aromatic N) is 2. The number of H-pyrrole nitrogens is 1. The molecule has 0 saturated heterocycles. The molecule has 30 heavy (non-hydrogen) atoms. The van der Waals surface area contributed by atoms with E-state index in [4.69, 9.17) is 4.74 Å². The molecule has 7 heteroatoms. The van der Waals surface area contributed by atoms with Crippen LogP contribution in [0.1, 0.15) is 22.1 Å². The van der Waals surface area contributed by atoms with Crippen LogP contribution in [0.3, 0.4) is 0 Å². The summed E-state index contributed by atoms with van der Waals surface area (Å²) in [4.78, 5) is 24.2. The second-order valence-corrected chi connectivity index (χ2v) is 7.85. The van der Waals surface area contributed by atoms with Crippen LogP contribution in [0.2, 0.25) is 0 Å². The molecule has 0 unspecified atom stereocenters. The number of para-hydroxylation sites is 2. The minimum atomic E-state index is -0.134. The van der Waals surface area contributed by atoms with E-state index in [0.717, 1.165) is 38.9 Å². The molecule has 0 fully saturated rings. The van der Waals surface area contributed by atoms with Crippen molar-refractivity contribution in [3.63, 3.8) is 0 Å². The average molecular weight is 419 g/mol. The lowest BCUT2D eigenvalue weighted by Crippen LogP contribution is -2.23. The van der Waals surface area contributed by atoms with Gasteiger partial charge in [0, 0.05) is 24.4 Å². The van der Waals surface area contributed by atoms with Crippen LogP contribution in [-0.4, -0.2) is 27.4 Å². The van der Waals surface area contributed by atoms with Crippen LogP contribution in [0.15, 0.2) is 60.0 Å². The van der Waals surface area contributed by atoms with Gasteiger partial charge in [0.2, 0.25) is 5.91 Å². The Morgan fingerprint density at radius 1 is 1.17 bits per heavy atom. The van der Waals surface area contributed by atoms with Crippen molar-refractivity contribution in [2.24, 2.45) is 0 Å².